The van der Waals surface area contributed by atoms with Crippen LogP contribution in [-0.2, 0) is 13.1 Å². The van der Waals surface area contributed by atoms with Crippen molar-refractivity contribution < 1.29 is 4.84 Å². The van der Waals surface area contributed by atoms with Crippen molar-refractivity contribution in [1.82, 2.24) is 5.06 Å². The van der Waals surface area contributed by atoms with Crippen molar-refractivity contribution in [1.29, 1.82) is 0 Å². The number of fused-ring (bicyclic) bond motifs is 1. The molecule has 0 amide bonds. The summed E-state index contributed by atoms with van der Waals surface area (Å²) in [6, 6.07) is 16.4. The average Bonchev–Trinajstić information content (AvgIpc) is 2.71. The van der Waals surface area contributed by atoms with Crippen molar-refractivity contribution in [2.24, 2.45) is 0 Å². The van der Waals surface area contributed by atoms with Crippen molar-refractivity contribution in [2.45, 2.75) is 13.1 Å². The highest BCUT2D eigenvalue weighted by molar-refractivity contribution is 9.10. The van der Waals surface area contributed by atoms with E-state index in [1.54, 1.807) is 0 Å². The van der Waals surface area contributed by atoms with Gasteiger partial charge in [0.15, 0.2) is 0 Å². The molecule has 0 N–H and O–H groups in total. The van der Waals surface area contributed by atoms with Crippen LogP contribution in [0.5, 0.6) is 5.75 Å². The summed E-state index contributed by atoms with van der Waals surface area (Å²) in [5, 5.41) is 1.98. The van der Waals surface area contributed by atoms with Crippen molar-refractivity contribution in [3.05, 3.63) is 64.1 Å². The zero-order chi connectivity index (χ0) is 11.7. The Balaban J connectivity index is 1.74. The molecular formula is C14H12BrNO. The van der Waals surface area contributed by atoms with E-state index in [0.29, 0.717) is 0 Å². The van der Waals surface area contributed by atoms with E-state index >= 15 is 0 Å². The average molecular weight is 290 g/mol. The number of benzene rings is 2. The van der Waals surface area contributed by atoms with E-state index in [1.807, 2.05) is 29.3 Å². The summed E-state index contributed by atoms with van der Waals surface area (Å²) < 4.78 is 1.03. The van der Waals surface area contributed by atoms with Crippen molar-refractivity contribution >= 4 is 15.9 Å². The number of rotatable bonds is 2. The lowest BCUT2D eigenvalue weighted by atomic mass is 10.1. The molecule has 2 aromatic carbocycles. The molecule has 0 fully saturated rings. The predicted molar refractivity (Wildman–Crippen MR) is 70.5 cm³/mol. The second kappa shape index (κ2) is 4.51. The number of hydroxylamine groups is 2. The maximum Gasteiger partial charge on any atom is 0.148 e. The van der Waals surface area contributed by atoms with Crippen LogP contribution in [0, 0.1) is 0 Å². The number of hydrogen-bond donors (Lipinski definition) is 0. The van der Waals surface area contributed by atoms with Crippen LogP contribution in [0.1, 0.15) is 11.1 Å². The summed E-state index contributed by atoms with van der Waals surface area (Å²) in [5.41, 5.74) is 2.70. The number of hydrogen-bond acceptors (Lipinski definition) is 2. The molecule has 1 heterocycles. The van der Waals surface area contributed by atoms with E-state index in [1.165, 1.54) is 11.1 Å². The van der Waals surface area contributed by atoms with E-state index < -0.39 is 0 Å². The lowest BCUT2D eigenvalue weighted by Gasteiger charge is -2.16. The summed E-state index contributed by atoms with van der Waals surface area (Å²) in [6.07, 6.45) is 0. The molecule has 0 saturated heterocycles. The van der Waals surface area contributed by atoms with Gasteiger partial charge in [-0.3, -0.25) is 0 Å². The molecule has 0 unspecified atom stereocenters. The van der Waals surface area contributed by atoms with Gasteiger partial charge >= 0.3 is 0 Å². The fourth-order valence-corrected chi connectivity index (χ4v) is 2.42. The first-order valence-corrected chi connectivity index (χ1v) is 6.36. The highest BCUT2D eigenvalue weighted by atomic mass is 79.9. The van der Waals surface area contributed by atoms with Crippen LogP contribution in [0.15, 0.2) is 53.0 Å². The van der Waals surface area contributed by atoms with Crippen molar-refractivity contribution in [2.75, 3.05) is 0 Å². The third-order valence-electron chi connectivity index (χ3n) is 2.84. The summed E-state index contributed by atoms with van der Waals surface area (Å²) in [5.74, 6) is 0.868. The van der Waals surface area contributed by atoms with Gasteiger partial charge in [0.05, 0.1) is 13.1 Å². The monoisotopic (exact) mass is 289 g/mol. The van der Waals surface area contributed by atoms with Crippen molar-refractivity contribution in [3.63, 3.8) is 0 Å². The van der Waals surface area contributed by atoms with Gasteiger partial charge in [0, 0.05) is 4.47 Å². The fraction of sp³-hybridized carbons (Fsp3) is 0.143. The summed E-state index contributed by atoms with van der Waals surface area (Å²) in [6.45, 7) is 1.70. The molecule has 17 heavy (non-hydrogen) atoms. The minimum atomic E-state index is 0.850. The van der Waals surface area contributed by atoms with Crippen LogP contribution in [0.25, 0.3) is 0 Å². The first kappa shape index (κ1) is 10.8. The van der Waals surface area contributed by atoms with Crippen LogP contribution < -0.4 is 4.84 Å². The van der Waals surface area contributed by atoms with Gasteiger partial charge in [-0.1, -0.05) is 46.3 Å². The Hall–Kier alpha value is -1.32. The summed E-state index contributed by atoms with van der Waals surface area (Å²) in [4.78, 5) is 5.84. The SMILES string of the molecule is Brc1cccc(ON2Cc3ccccc3C2)c1. The molecule has 0 aliphatic carbocycles. The minimum absolute atomic E-state index is 0.850. The Morgan fingerprint density at radius 3 is 2.29 bits per heavy atom. The van der Waals surface area contributed by atoms with Gasteiger partial charge in [0.1, 0.15) is 5.75 Å². The van der Waals surface area contributed by atoms with Crippen LogP contribution in [-0.4, -0.2) is 5.06 Å². The molecular weight excluding hydrogens is 278 g/mol. The van der Waals surface area contributed by atoms with Gasteiger partial charge in [-0.25, -0.2) is 0 Å². The molecule has 0 radical (unpaired) electrons. The standard InChI is InChI=1S/C14H12BrNO/c15-13-6-3-7-14(8-13)17-16-9-11-4-1-2-5-12(11)10-16/h1-8H,9-10H2. The molecule has 0 atom stereocenters. The Bertz CT molecular complexity index is 516. The van der Waals surface area contributed by atoms with E-state index in [-0.39, 0.29) is 0 Å². The van der Waals surface area contributed by atoms with Gasteiger partial charge < -0.3 is 4.84 Å². The molecule has 86 valence electrons. The third-order valence-corrected chi connectivity index (χ3v) is 3.34. The van der Waals surface area contributed by atoms with E-state index in [9.17, 15) is 0 Å². The second-order valence-corrected chi connectivity index (χ2v) is 5.03. The van der Waals surface area contributed by atoms with Crippen molar-refractivity contribution in [3.8, 4) is 5.75 Å². The smallest absolute Gasteiger partial charge is 0.148 e. The van der Waals surface area contributed by atoms with Gasteiger partial charge in [-0.15, -0.1) is 5.06 Å². The molecule has 3 rings (SSSR count). The van der Waals surface area contributed by atoms with E-state index in [2.05, 4.69) is 40.2 Å². The minimum Gasteiger partial charge on any atom is -0.405 e. The Labute approximate surface area is 109 Å². The third kappa shape index (κ3) is 2.35. The Morgan fingerprint density at radius 1 is 0.941 bits per heavy atom. The van der Waals surface area contributed by atoms with Crippen LogP contribution >= 0.6 is 15.9 Å². The highest BCUT2D eigenvalue weighted by Gasteiger charge is 2.19. The zero-order valence-corrected chi connectivity index (χ0v) is 10.9. The van der Waals surface area contributed by atoms with Gasteiger partial charge in [-0.2, -0.15) is 0 Å². The molecule has 1 aliphatic heterocycles. The first-order valence-electron chi connectivity index (χ1n) is 5.56. The maximum absolute atomic E-state index is 5.84. The molecule has 3 heteroatoms. The molecule has 2 aromatic rings. The highest BCUT2D eigenvalue weighted by Crippen LogP contribution is 2.25. The largest absolute Gasteiger partial charge is 0.405 e. The predicted octanol–water partition coefficient (Wildman–Crippen LogP) is 3.76. The maximum atomic E-state index is 5.84. The van der Waals surface area contributed by atoms with Crippen LogP contribution in [0.4, 0.5) is 0 Å². The number of halogens is 1. The number of nitrogens with zero attached hydrogens (tertiary/aromatic N) is 1. The molecule has 0 saturated carbocycles. The van der Waals surface area contributed by atoms with E-state index in [4.69, 9.17) is 4.84 Å². The Morgan fingerprint density at radius 2 is 1.65 bits per heavy atom. The van der Waals surface area contributed by atoms with Crippen LogP contribution in [0.2, 0.25) is 0 Å². The lowest BCUT2D eigenvalue weighted by molar-refractivity contribution is -0.0643. The molecule has 2 nitrogen and oxygen atoms in total. The molecule has 1 aliphatic rings. The topological polar surface area (TPSA) is 12.5 Å². The molecule has 0 aromatic heterocycles. The van der Waals surface area contributed by atoms with Crippen LogP contribution in [0.3, 0.4) is 0 Å². The summed E-state index contributed by atoms with van der Waals surface area (Å²) in [7, 11) is 0. The van der Waals surface area contributed by atoms with E-state index in [0.717, 1.165) is 23.3 Å². The second-order valence-electron chi connectivity index (χ2n) is 4.12. The zero-order valence-electron chi connectivity index (χ0n) is 9.27. The van der Waals surface area contributed by atoms with Gasteiger partial charge in [-0.05, 0) is 29.3 Å². The molecule has 0 spiro atoms. The Kier molecular flexibility index (Phi) is 2.87. The lowest BCUT2D eigenvalue weighted by Crippen LogP contribution is -2.20. The van der Waals surface area contributed by atoms with Gasteiger partial charge in [0.25, 0.3) is 0 Å². The quantitative estimate of drug-likeness (QED) is 0.835. The molecule has 0 bridgehead atoms. The van der Waals surface area contributed by atoms with Gasteiger partial charge in [0.2, 0.25) is 0 Å². The first-order chi connectivity index (χ1) is 8.31. The fourth-order valence-electron chi connectivity index (χ4n) is 2.04. The normalized spacial score (nSPS) is 14.6. The summed E-state index contributed by atoms with van der Waals surface area (Å²) >= 11 is 3.44.